The average molecular weight is 207 g/mol. The van der Waals surface area contributed by atoms with Crippen LogP contribution in [-0.4, -0.2) is 13.1 Å². The van der Waals surface area contributed by atoms with E-state index in [9.17, 15) is 4.79 Å². The summed E-state index contributed by atoms with van der Waals surface area (Å²) in [6.45, 7) is 4.21. The molecule has 0 fully saturated rings. The van der Waals surface area contributed by atoms with Crippen molar-refractivity contribution >= 4 is 11.7 Å². The Bertz CT molecular complexity index is 359. The zero-order chi connectivity index (χ0) is 11.4. The predicted octanol–water partition coefficient (Wildman–Crippen LogP) is 2.11. The van der Waals surface area contributed by atoms with Crippen molar-refractivity contribution in [3.05, 3.63) is 29.3 Å². The lowest BCUT2D eigenvalue weighted by Crippen LogP contribution is -2.07. The first-order chi connectivity index (χ1) is 7.04. The summed E-state index contributed by atoms with van der Waals surface area (Å²) in [6.07, 6.45) is 0.239. The van der Waals surface area contributed by atoms with Gasteiger partial charge in [-0.2, -0.15) is 0 Å². The normalized spacial score (nSPS) is 10.4. The van der Waals surface area contributed by atoms with Gasteiger partial charge in [-0.05, 0) is 23.1 Å². The van der Waals surface area contributed by atoms with E-state index >= 15 is 0 Å². The van der Waals surface area contributed by atoms with Crippen molar-refractivity contribution in [3.63, 3.8) is 0 Å². The Labute approximate surface area is 90.2 Å². The Balaban J connectivity index is 2.95. The van der Waals surface area contributed by atoms with Crippen LogP contribution < -0.4 is 5.73 Å². The Hall–Kier alpha value is -1.51. The van der Waals surface area contributed by atoms with Gasteiger partial charge in [0.05, 0.1) is 13.5 Å². The van der Waals surface area contributed by atoms with Gasteiger partial charge in [0.1, 0.15) is 0 Å². The van der Waals surface area contributed by atoms with Crippen LogP contribution in [0.15, 0.2) is 18.2 Å². The molecule has 0 bridgehead atoms. The summed E-state index contributed by atoms with van der Waals surface area (Å²) in [5.41, 5.74) is 8.45. The molecule has 0 aromatic heterocycles. The van der Waals surface area contributed by atoms with E-state index < -0.39 is 0 Å². The third-order valence-corrected chi connectivity index (χ3v) is 2.40. The zero-order valence-corrected chi connectivity index (χ0v) is 9.41. The largest absolute Gasteiger partial charge is 0.469 e. The molecule has 0 saturated carbocycles. The van der Waals surface area contributed by atoms with Gasteiger partial charge in [0.25, 0.3) is 0 Å². The summed E-state index contributed by atoms with van der Waals surface area (Å²) >= 11 is 0. The molecule has 15 heavy (non-hydrogen) atoms. The van der Waals surface area contributed by atoms with Crippen molar-refractivity contribution in [2.45, 2.75) is 26.2 Å². The third kappa shape index (κ3) is 2.98. The lowest BCUT2D eigenvalue weighted by molar-refractivity contribution is -0.139. The highest BCUT2D eigenvalue weighted by Crippen LogP contribution is 2.20. The number of nitrogens with two attached hydrogens (primary N) is 1. The van der Waals surface area contributed by atoms with Crippen LogP contribution in [0.3, 0.4) is 0 Å². The standard InChI is InChI=1S/C12H17NO2/c1-8(2)9-4-5-11(13)10(6-9)7-12(14)15-3/h4-6,8H,7,13H2,1-3H3. The fourth-order valence-electron chi connectivity index (χ4n) is 1.37. The SMILES string of the molecule is COC(=O)Cc1cc(C(C)C)ccc1N. The van der Waals surface area contributed by atoms with Crippen molar-refractivity contribution in [3.8, 4) is 0 Å². The van der Waals surface area contributed by atoms with E-state index in [0.29, 0.717) is 11.6 Å². The summed E-state index contributed by atoms with van der Waals surface area (Å²) in [6, 6.07) is 5.80. The smallest absolute Gasteiger partial charge is 0.310 e. The topological polar surface area (TPSA) is 52.3 Å². The molecule has 82 valence electrons. The van der Waals surface area contributed by atoms with Gasteiger partial charge >= 0.3 is 5.97 Å². The maximum Gasteiger partial charge on any atom is 0.310 e. The lowest BCUT2D eigenvalue weighted by Gasteiger charge is -2.10. The molecule has 0 spiro atoms. The molecule has 0 aliphatic carbocycles. The van der Waals surface area contributed by atoms with E-state index in [2.05, 4.69) is 18.6 Å². The number of carbonyl (C=O) groups is 1. The molecule has 0 aliphatic heterocycles. The van der Waals surface area contributed by atoms with Crippen molar-refractivity contribution in [2.75, 3.05) is 12.8 Å². The molecule has 0 atom stereocenters. The lowest BCUT2D eigenvalue weighted by atomic mass is 9.98. The molecule has 1 aromatic rings. The minimum absolute atomic E-state index is 0.239. The number of ether oxygens (including phenoxy) is 1. The highest BCUT2D eigenvalue weighted by Gasteiger charge is 2.08. The van der Waals surface area contributed by atoms with Gasteiger partial charge in [0, 0.05) is 5.69 Å². The van der Waals surface area contributed by atoms with Gasteiger partial charge in [0.2, 0.25) is 0 Å². The highest BCUT2D eigenvalue weighted by atomic mass is 16.5. The maximum absolute atomic E-state index is 11.1. The number of rotatable bonds is 3. The zero-order valence-electron chi connectivity index (χ0n) is 9.41. The molecular formula is C12H17NO2. The fourth-order valence-corrected chi connectivity index (χ4v) is 1.37. The quantitative estimate of drug-likeness (QED) is 0.610. The van der Waals surface area contributed by atoms with Crippen LogP contribution in [0.25, 0.3) is 0 Å². The van der Waals surface area contributed by atoms with Crippen molar-refractivity contribution in [2.24, 2.45) is 0 Å². The summed E-state index contributed by atoms with van der Waals surface area (Å²) in [7, 11) is 1.38. The summed E-state index contributed by atoms with van der Waals surface area (Å²) in [4.78, 5) is 11.1. The van der Waals surface area contributed by atoms with Crippen molar-refractivity contribution in [1.29, 1.82) is 0 Å². The Morgan fingerprint density at radius 1 is 1.47 bits per heavy atom. The van der Waals surface area contributed by atoms with Gasteiger partial charge in [-0.25, -0.2) is 0 Å². The second-order valence-electron chi connectivity index (χ2n) is 3.87. The van der Waals surface area contributed by atoms with Crippen LogP contribution in [0, 0.1) is 0 Å². The summed E-state index contributed by atoms with van der Waals surface area (Å²) in [5.74, 6) is 0.171. The third-order valence-electron chi connectivity index (χ3n) is 2.40. The minimum Gasteiger partial charge on any atom is -0.469 e. The first-order valence-electron chi connectivity index (χ1n) is 4.99. The number of esters is 1. The number of carbonyl (C=O) groups excluding carboxylic acids is 1. The van der Waals surface area contributed by atoms with Gasteiger partial charge in [-0.1, -0.05) is 26.0 Å². The average Bonchev–Trinajstić information content (AvgIpc) is 2.20. The molecule has 3 heteroatoms. The number of hydrogen-bond donors (Lipinski definition) is 1. The van der Waals surface area contributed by atoms with Crippen LogP contribution in [0.5, 0.6) is 0 Å². The van der Waals surface area contributed by atoms with Crippen molar-refractivity contribution in [1.82, 2.24) is 0 Å². The Morgan fingerprint density at radius 3 is 2.67 bits per heavy atom. The van der Waals surface area contributed by atoms with Gasteiger partial charge < -0.3 is 10.5 Å². The van der Waals surface area contributed by atoms with Crippen LogP contribution in [0.1, 0.15) is 30.9 Å². The van der Waals surface area contributed by atoms with E-state index in [4.69, 9.17) is 5.73 Å². The Kier molecular flexibility index (Phi) is 3.72. The number of anilines is 1. The van der Waals surface area contributed by atoms with Crippen LogP contribution in [0.4, 0.5) is 5.69 Å². The summed E-state index contributed by atoms with van der Waals surface area (Å²) < 4.78 is 4.61. The molecule has 3 nitrogen and oxygen atoms in total. The van der Waals surface area contributed by atoms with Crippen LogP contribution in [-0.2, 0) is 16.0 Å². The fraction of sp³-hybridized carbons (Fsp3) is 0.417. The number of benzene rings is 1. The number of nitrogen functional groups attached to an aromatic ring is 1. The number of methoxy groups -OCH3 is 1. The van der Waals surface area contributed by atoms with Gasteiger partial charge in [-0.15, -0.1) is 0 Å². The first kappa shape index (κ1) is 11.6. The molecule has 1 aromatic carbocycles. The Morgan fingerprint density at radius 2 is 2.13 bits per heavy atom. The molecule has 0 heterocycles. The number of hydrogen-bond acceptors (Lipinski definition) is 3. The molecular weight excluding hydrogens is 190 g/mol. The van der Waals surface area contributed by atoms with Crippen molar-refractivity contribution < 1.29 is 9.53 Å². The maximum atomic E-state index is 11.1. The van der Waals surface area contributed by atoms with Gasteiger partial charge in [0.15, 0.2) is 0 Å². The van der Waals surface area contributed by atoms with E-state index in [0.717, 1.165) is 5.56 Å². The van der Waals surface area contributed by atoms with E-state index in [1.807, 2.05) is 18.2 Å². The molecule has 0 aliphatic rings. The predicted molar refractivity (Wildman–Crippen MR) is 60.7 cm³/mol. The highest BCUT2D eigenvalue weighted by molar-refractivity contribution is 5.74. The monoisotopic (exact) mass is 207 g/mol. The van der Waals surface area contributed by atoms with Crippen LogP contribution >= 0.6 is 0 Å². The molecule has 0 amide bonds. The van der Waals surface area contributed by atoms with Crippen LogP contribution in [0.2, 0.25) is 0 Å². The first-order valence-corrected chi connectivity index (χ1v) is 4.99. The molecule has 0 saturated heterocycles. The minimum atomic E-state index is -0.261. The van der Waals surface area contributed by atoms with E-state index in [-0.39, 0.29) is 12.4 Å². The second-order valence-corrected chi connectivity index (χ2v) is 3.87. The molecule has 1 rings (SSSR count). The second kappa shape index (κ2) is 4.82. The van der Waals surface area contributed by atoms with Gasteiger partial charge in [-0.3, -0.25) is 4.79 Å². The van der Waals surface area contributed by atoms with E-state index in [1.165, 1.54) is 12.7 Å². The van der Waals surface area contributed by atoms with E-state index in [1.54, 1.807) is 0 Å². The summed E-state index contributed by atoms with van der Waals surface area (Å²) in [5, 5.41) is 0. The molecule has 0 unspecified atom stereocenters. The molecule has 0 radical (unpaired) electrons. The molecule has 2 N–H and O–H groups in total.